The number of benzene rings is 3. The summed E-state index contributed by atoms with van der Waals surface area (Å²) in [6, 6.07) is 20.9. The largest absolute Gasteiger partial charge is 0.416 e. The van der Waals surface area contributed by atoms with Gasteiger partial charge in [-0.3, -0.25) is 4.79 Å². The zero-order valence-corrected chi connectivity index (χ0v) is 19.9. The van der Waals surface area contributed by atoms with Gasteiger partial charge in [0.25, 0.3) is 5.91 Å². The molecular formula is C29H27F3N2O. The zero-order chi connectivity index (χ0) is 25.2. The Hall–Kier alpha value is -3.67. The molecule has 0 bridgehead atoms. The molecule has 0 spiro atoms. The van der Waals surface area contributed by atoms with Crippen molar-refractivity contribution in [2.75, 3.05) is 7.05 Å². The third-order valence-corrected chi connectivity index (χ3v) is 6.31. The Morgan fingerprint density at radius 2 is 1.63 bits per heavy atom. The molecule has 4 rings (SSSR count). The second-order valence-corrected chi connectivity index (χ2v) is 9.03. The van der Waals surface area contributed by atoms with Gasteiger partial charge in [0.2, 0.25) is 0 Å². The number of nitrogens with zero attached hydrogens (tertiary/aromatic N) is 2. The average Bonchev–Trinajstić information content (AvgIpc) is 3.10. The number of carbonyl (C=O) groups excluding carboxylic acids is 1. The van der Waals surface area contributed by atoms with Crippen LogP contribution in [0.15, 0.2) is 83.4 Å². The lowest BCUT2D eigenvalue weighted by Gasteiger charge is -2.23. The van der Waals surface area contributed by atoms with Gasteiger partial charge in [0, 0.05) is 19.0 Å². The van der Waals surface area contributed by atoms with Crippen LogP contribution in [0.1, 0.15) is 44.6 Å². The van der Waals surface area contributed by atoms with E-state index >= 15 is 0 Å². The monoisotopic (exact) mass is 476 g/mol. The molecule has 1 aliphatic rings. The number of rotatable bonds is 4. The molecule has 180 valence electrons. The Bertz CT molecular complexity index is 1270. The first-order valence-electron chi connectivity index (χ1n) is 11.4. The minimum atomic E-state index is -4.52. The number of likely N-dealkylation sites (tertiary alicyclic amines) is 1. The van der Waals surface area contributed by atoms with Gasteiger partial charge >= 0.3 is 6.18 Å². The second-order valence-electron chi connectivity index (χ2n) is 9.03. The molecule has 0 aliphatic carbocycles. The summed E-state index contributed by atoms with van der Waals surface area (Å²) in [5, 5.41) is 0. The van der Waals surface area contributed by atoms with Gasteiger partial charge in [-0.25, -0.2) is 0 Å². The van der Waals surface area contributed by atoms with Crippen molar-refractivity contribution in [2.45, 2.75) is 38.9 Å². The molecule has 1 saturated heterocycles. The van der Waals surface area contributed by atoms with Crippen LogP contribution in [0.25, 0.3) is 6.08 Å². The summed E-state index contributed by atoms with van der Waals surface area (Å²) in [6.07, 6.45) is -1.22. The fraction of sp³-hybridized carbons (Fsp3) is 0.241. The number of aliphatic imine (C=N–C) groups is 1. The summed E-state index contributed by atoms with van der Waals surface area (Å²) >= 11 is 0. The molecule has 1 fully saturated rings. The molecule has 0 saturated carbocycles. The van der Waals surface area contributed by atoms with E-state index in [9.17, 15) is 18.0 Å². The standard InChI is InChI=1S/C29H27F3N2O/c1-19-7-11-21(12-8-19)15-24-18-27(34(3)26(24)16-22-13-9-20(2)10-14-22)33-28(35)23-5-4-6-25(17-23)29(30,31)32/h4-15,17,26H,16,18H2,1-3H3/b24-15+,33-27+. The maximum atomic E-state index is 13.1. The number of hydrogen-bond donors (Lipinski definition) is 0. The topological polar surface area (TPSA) is 32.7 Å². The van der Waals surface area contributed by atoms with Gasteiger partial charge in [-0.05, 0) is 55.2 Å². The third-order valence-electron chi connectivity index (χ3n) is 6.31. The summed E-state index contributed by atoms with van der Waals surface area (Å²) in [6.45, 7) is 4.07. The van der Waals surface area contributed by atoms with Crippen LogP contribution in [-0.2, 0) is 12.6 Å². The SMILES string of the molecule is Cc1ccc(/C=C2\C/C(=N\C(=O)c3cccc(C(F)(F)F)c3)N(C)C2Cc2ccc(C)cc2)cc1. The fourth-order valence-corrected chi connectivity index (χ4v) is 4.22. The number of alkyl halides is 3. The third kappa shape index (κ3) is 5.88. The van der Waals surface area contributed by atoms with Crippen LogP contribution in [0.3, 0.4) is 0 Å². The molecule has 1 heterocycles. The number of amidine groups is 1. The normalized spacial score (nSPS) is 18.5. The van der Waals surface area contributed by atoms with E-state index in [4.69, 9.17) is 0 Å². The van der Waals surface area contributed by atoms with Crippen molar-refractivity contribution in [3.05, 3.63) is 112 Å². The van der Waals surface area contributed by atoms with Crippen LogP contribution < -0.4 is 0 Å². The first kappa shape index (κ1) is 24.5. The van der Waals surface area contributed by atoms with Crippen molar-refractivity contribution >= 4 is 17.8 Å². The molecule has 0 radical (unpaired) electrons. The van der Waals surface area contributed by atoms with Crippen molar-refractivity contribution in [3.63, 3.8) is 0 Å². The molecular weight excluding hydrogens is 449 g/mol. The van der Waals surface area contributed by atoms with Crippen LogP contribution in [0.4, 0.5) is 13.2 Å². The lowest BCUT2D eigenvalue weighted by molar-refractivity contribution is -0.137. The Labute approximate surface area is 203 Å². The van der Waals surface area contributed by atoms with Gasteiger partial charge < -0.3 is 4.90 Å². The maximum absolute atomic E-state index is 13.1. The van der Waals surface area contributed by atoms with Gasteiger partial charge in [-0.15, -0.1) is 0 Å². The molecule has 3 nitrogen and oxygen atoms in total. The predicted molar refractivity (Wildman–Crippen MR) is 133 cm³/mol. The molecule has 1 unspecified atom stereocenters. The van der Waals surface area contributed by atoms with E-state index in [1.807, 2.05) is 50.1 Å². The van der Waals surface area contributed by atoms with Gasteiger partial charge in [-0.1, -0.05) is 71.8 Å². The smallest absolute Gasteiger partial charge is 0.356 e. The number of halogens is 3. The van der Waals surface area contributed by atoms with Crippen LogP contribution in [0.5, 0.6) is 0 Å². The van der Waals surface area contributed by atoms with E-state index < -0.39 is 17.6 Å². The summed E-state index contributed by atoms with van der Waals surface area (Å²) in [7, 11) is 1.88. The minimum absolute atomic E-state index is 0.0212. The van der Waals surface area contributed by atoms with E-state index in [2.05, 4.69) is 35.3 Å². The average molecular weight is 477 g/mol. The van der Waals surface area contributed by atoms with Crippen LogP contribution in [0, 0.1) is 13.8 Å². The summed E-state index contributed by atoms with van der Waals surface area (Å²) in [4.78, 5) is 19.1. The Kier molecular flexibility index (Phi) is 6.92. The van der Waals surface area contributed by atoms with Gasteiger partial charge in [0.05, 0.1) is 11.6 Å². The zero-order valence-electron chi connectivity index (χ0n) is 19.9. The number of likely N-dealkylation sites (N-methyl/N-ethyl adjacent to an activating group) is 1. The molecule has 1 atom stereocenters. The van der Waals surface area contributed by atoms with Gasteiger partial charge in [0.1, 0.15) is 5.84 Å². The number of amides is 1. The number of aryl methyl sites for hydroxylation is 2. The Morgan fingerprint density at radius 3 is 2.26 bits per heavy atom. The fourth-order valence-electron chi connectivity index (χ4n) is 4.22. The summed E-state index contributed by atoms with van der Waals surface area (Å²) in [5.41, 5.74) is 4.73. The highest BCUT2D eigenvalue weighted by Crippen LogP contribution is 2.31. The van der Waals surface area contributed by atoms with E-state index in [0.29, 0.717) is 12.3 Å². The molecule has 0 N–H and O–H groups in total. The highest BCUT2D eigenvalue weighted by molar-refractivity contribution is 6.05. The highest BCUT2D eigenvalue weighted by Gasteiger charge is 2.33. The molecule has 0 aromatic heterocycles. The van der Waals surface area contributed by atoms with E-state index in [1.54, 1.807) is 0 Å². The first-order valence-corrected chi connectivity index (χ1v) is 11.4. The minimum Gasteiger partial charge on any atom is -0.356 e. The molecule has 1 amide bonds. The van der Waals surface area contributed by atoms with Gasteiger partial charge in [-0.2, -0.15) is 18.2 Å². The highest BCUT2D eigenvalue weighted by atomic mass is 19.4. The van der Waals surface area contributed by atoms with Crippen LogP contribution in [-0.4, -0.2) is 29.7 Å². The van der Waals surface area contributed by atoms with Crippen LogP contribution >= 0.6 is 0 Å². The van der Waals surface area contributed by atoms with Crippen molar-refractivity contribution in [2.24, 2.45) is 4.99 Å². The molecule has 35 heavy (non-hydrogen) atoms. The summed E-state index contributed by atoms with van der Waals surface area (Å²) < 4.78 is 39.3. The lowest BCUT2D eigenvalue weighted by Crippen LogP contribution is -2.31. The van der Waals surface area contributed by atoms with Crippen molar-refractivity contribution < 1.29 is 18.0 Å². The second kappa shape index (κ2) is 9.90. The lowest BCUT2D eigenvalue weighted by atomic mass is 9.97. The Morgan fingerprint density at radius 1 is 1.00 bits per heavy atom. The van der Waals surface area contributed by atoms with Gasteiger partial charge in [0.15, 0.2) is 0 Å². The van der Waals surface area contributed by atoms with Crippen molar-refractivity contribution in [1.29, 1.82) is 0 Å². The Balaban J connectivity index is 1.66. The predicted octanol–water partition coefficient (Wildman–Crippen LogP) is 6.89. The van der Waals surface area contributed by atoms with E-state index in [0.717, 1.165) is 35.3 Å². The molecule has 6 heteroatoms. The maximum Gasteiger partial charge on any atom is 0.416 e. The van der Waals surface area contributed by atoms with E-state index in [1.165, 1.54) is 23.3 Å². The summed E-state index contributed by atoms with van der Waals surface area (Å²) in [5.74, 6) is -0.133. The molecule has 3 aromatic rings. The number of carbonyl (C=O) groups is 1. The molecule has 1 aliphatic heterocycles. The quantitative estimate of drug-likeness (QED) is 0.411. The van der Waals surface area contributed by atoms with Crippen LogP contribution in [0.2, 0.25) is 0 Å². The number of hydrogen-bond acceptors (Lipinski definition) is 1. The van der Waals surface area contributed by atoms with Crippen molar-refractivity contribution in [1.82, 2.24) is 4.90 Å². The van der Waals surface area contributed by atoms with Crippen molar-refractivity contribution in [3.8, 4) is 0 Å². The first-order chi connectivity index (χ1) is 16.6. The molecule has 3 aromatic carbocycles. The van der Waals surface area contributed by atoms with E-state index in [-0.39, 0.29) is 11.6 Å².